The summed E-state index contributed by atoms with van der Waals surface area (Å²) in [5, 5.41) is 7.24. The van der Waals surface area contributed by atoms with Crippen LogP contribution in [0, 0.1) is 0 Å². The van der Waals surface area contributed by atoms with Crippen LogP contribution in [0.2, 0.25) is 5.02 Å². The third kappa shape index (κ3) is 7.88. The van der Waals surface area contributed by atoms with Crippen molar-refractivity contribution in [3.63, 3.8) is 0 Å². The molecule has 31 heavy (non-hydrogen) atoms. The Hall–Kier alpha value is -2.58. The van der Waals surface area contributed by atoms with Crippen LogP contribution in [-0.4, -0.2) is 38.8 Å². The molecule has 2 aromatic rings. The van der Waals surface area contributed by atoms with Crippen LogP contribution in [0.4, 0.5) is 0 Å². The molecule has 166 valence electrons. The second-order valence-corrected chi connectivity index (χ2v) is 7.84. The van der Waals surface area contributed by atoms with Crippen molar-refractivity contribution in [2.45, 2.75) is 25.7 Å². The molecule has 0 aromatic heterocycles. The first-order valence-electron chi connectivity index (χ1n) is 9.72. The molecule has 2 aromatic carbocycles. The lowest BCUT2D eigenvalue weighted by atomic mass is 10.1. The Morgan fingerprint density at radius 2 is 1.90 bits per heavy atom. The van der Waals surface area contributed by atoms with Crippen molar-refractivity contribution in [1.29, 1.82) is 0 Å². The molecule has 0 bridgehead atoms. The standard InChI is InChI=1S/C22H25BrClN3O4/c1-30-19-13-15(12-17(23)21(19)31-2)14-26-27-20(28)10-4-3-7-11-25-22(29)16-8-5-6-9-18(16)24/h5-6,8-9,12-14H,3-4,7,10-11H2,1-2H3,(H,25,29)(H,27,28). The van der Waals surface area contributed by atoms with E-state index in [1.54, 1.807) is 44.6 Å². The van der Waals surface area contributed by atoms with Gasteiger partial charge in [0, 0.05) is 13.0 Å². The fourth-order valence-corrected chi connectivity index (χ4v) is 3.62. The molecule has 9 heteroatoms. The molecule has 0 unspecified atom stereocenters. The van der Waals surface area contributed by atoms with Gasteiger partial charge in [-0.25, -0.2) is 5.43 Å². The normalized spacial score (nSPS) is 10.7. The third-order valence-corrected chi connectivity index (χ3v) is 5.26. The predicted octanol–water partition coefficient (Wildman–Crippen LogP) is 4.56. The van der Waals surface area contributed by atoms with Gasteiger partial charge in [0.05, 0.1) is 35.5 Å². The smallest absolute Gasteiger partial charge is 0.252 e. The second-order valence-electron chi connectivity index (χ2n) is 6.58. The van der Waals surface area contributed by atoms with Crippen LogP contribution in [0.5, 0.6) is 11.5 Å². The van der Waals surface area contributed by atoms with Gasteiger partial charge >= 0.3 is 0 Å². The van der Waals surface area contributed by atoms with Gasteiger partial charge in [-0.15, -0.1) is 0 Å². The summed E-state index contributed by atoms with van der Waals surface area (Å²) in [7, 11) is 3.11. The lowest BCUT2D eigenvalue weighted by Gasteiger charge is -2.10. The van der Waals surface area contributed by atoms with Crippen LogP contribution in [0.1, 0.15) is 41.6 Å². The number of hydrazone groups is 1. The molecule has 0 fully saturated rings. The van der Waals surface area contributed by atoms with E-state index >= 15 is 0 Å². The summed E-state index contributed by atoms with van der Waals surface area (Å²) < 4.78 is 11.3. The maximum atomic E-state index is 12.0. The van der Waals surface area contributed by atoms with Gasteiger partial charge in [-0.3, -0.25) is 9.59 Å². The Kier molecular flexibility index (Phi) is 10.3. The Morgan fingerprint density at radius 1 is 1.13 bits per heavy atom. The molecule has 0 saturated heterocycles. The summed E-state index contributed by atoms with van der Waals surface area (Å²) >= 11 is 9.42. The van der Waals surface area contributed by atoms with Crippen molar-refractivity contribution in [3.05, 3.63) is 57.0 Å². The number of unbranched alkanes of at least 4 members (excludes halogenated alkanes) is 2. The van der Waals surface area contributed by atoms with Crippen molar-refractivity contribution >= 4 is 45.6 Å². The van der Waals surface area contributed by atoms with Gasteiger partial charge in [0.1, 0.15) is 0 Å². The summed E-state index contributed by atoms with van der Waals surface area (Å²) in [6.07, 6.45) is 4.17. The fourth-order valence-electron chi connectivity index (χ4n) is 2.78. The van der Waals surface area contributed by atoms with Crippen molar-refractivity contribution in [2.24, 2.45) is 5.10 Å². The molecule has 2 rings (SSSR count). The van der Waals surface area contributed by atoms with Crippen LogP contribution in [0.3, 0.4) is 0 Å². The lowest BCUT2D eigenvalue weighted by Crippen LogP contribution is -2.24. The molecule has 0 aliphatic heterocycles. The van der Waals surface area contributed by atoms with Crippen molar-refractivity contribution in [3.8, 4) is 11.5 Å². The number of rotatable bonds is 11. The molecule has 0 aliphatic carbocycles. The zero-order valence-corrected chi connectivity index (χ0v) is 19.8. The molecule has 2 N–H and O–H groups in total. The SMILES string of the molecule is COc1cc(C=NNC(=O)CCCCCNC(=O)c2ccccc2Cl)cc(Br)c1OC. The highest BCUT2D eigenvalue weighted by Gasteiger charge is 2.10. The van der Waals surface area contributed by atoms with E-state index in [1.807, 2.05) is 6.07 Å². The average Bonchev–Trinajstić information content (AvgIpc) is 2.75. The third-order valence-electron chi connectivity index (χ3n) is 4.34. The van der Waals surface area contributed by atoms with Crippen LogP contribution in [-0.2, 0) is 4.79 Å². The summed E-state index contributed by atoms with van der Waals surface area (Å²) in [6.45, 7) is 0.526. The minimum atomic E-state index is -0.195. The second kappa shape index (κ2) is 13.0. The number of carbonyl (C=O) groups excluding carboxylic acids is 2. The molecular formula is C22H25BrClN3O4. The van der Waals surface area contributed by atoms with Crippen molar-refractivity contribution < 1.29 is 19.1 Å². The minimum Gasteiger partial charge on any atom is -0.493 e. The molecule has 0 aliphatic rings. The molecule has 0 atom stereocenters. The number of amides is 2. The quantitative estimate of drug-likeness (QED) is 0.263. The van der Waals surface area contributed by atoms with Crippen LogP contribution in [0.15, 0.2) is 46.0 Å². The van der Waals surface area contributed by atoms with E-state index in [9.17, 15) is 9.59 Å². The molecule has 2 amide bonds. The van der Waals surface area contributed by atoms with Gasteiger partial charge in [0.2, 0.25) is 5.91 Å². The zero-order chi connectivity index (χ0) is 22.6. The number of methoxy groups -OCH3 is 2. The van der Waals surface area contributed by atoms with Crippen molar-refractivity contribution in [2.75, 3.05) is 20.8 Å². The number of ether oxygens (including phenoxy) is 2. The number of hydrogen-bond acceptors (Lipinski definition) is 5. The molecule has 7 nitrogen and oxygen atoms in total. The highest BCUT2D eigenvalue weighted by atomic mass is 79.9. The van der Waals surface area contributed by atoms with Gasteiger partial charge in [-0.05, 0) is 58.6 Å². The summed E-state index contributed by atoms with van der Waals surface area (Å²) in [5.74, 6) is 0.786. The van der Waals surface area contributed by atoms with Crippen LogP contribution in [0.25, 0.3) is 0 Å². The Morgan fingerprint density at radius 3 is 2.61 bits per heavy atom. The van der Waals surface area contributed by atoms with E-state index in [0.717, 1.165) is 22.9 Å². The van der Waals surface area contributed by atoms with Gasteiger partial charge in [0.25, 0.3) is 5.91 Å². The molecule has 0 spiro atoms. The van der Waals surface area contributed by atoms with Gasteiger partial charge in [0.15, 0.2) is 11.5 Å². The number of carbonyl (C=O) groups is 2. The van der Waals surface area contributed by atoms with Crippen LogP contribution < -0.4 is 20.2 Å². The first kappa shape index (κ1) is 24.7. The topological polar surface area (TPSA) is 89.0 Å². The number of nitrogens with zero attached hydrogens (tertiary/aromatic N) is 1. The van der Waals surface area contributed by atoms with E-state index in [2.05, 4.69) is 31.8 Å². The Balaban J connectivity index is 1.66. The largest absolute Gasteiger partial charge is 0.493 e. The average molecular weight is 511 g/mol. The van der Waals surface area contributed by atoms with Crippen LogP contribution >= 0.6 is 27.5 Å². The van der Waals surface area contributed by atoms with Gasteiger partial charge in [-0.2, -0.15) is 5.10 Å². The van der Waals surface area contributed by atoms with Gasteiger partial charge < -0.3 is 14.8 Å². The molecule has 0 heterocycles. The van der Waals surface area contributed by atoms with E-state index in [0.29, 0.717) is 41.5 Å². The number of hydrogen-bond donors (Lipinski definition) is 2. The summed E-state index contributed by atoms with van der Waals surface area (Å²) in [4.78, 5) is 24.0. The Bertz CT molecular complexity index is 937. The Labute approximate surface area is 195 Å². The highest BCUT2D eigenvalue weighted by molar-refractivity contribution is 9.10. The predicted molar refractivity (Wildman–Crippen MR) is 125 cm³/mol. The molecular weight excluding hydrogens is 486 g/mol. The van der Waals surface area contributed by atoms with E-state index < -0.39 is 0 Å². The lowest BCUT2D eigenvalue weighted by molar-refractivity contribution is -0.121. The van der Waals surface area contributed by atoms with E-state index in [1.165, 1.54) is 6.21 Å². The maximum absolute atomic E-state index is 12.0. The minimum absolute atomic E-state index is 0.170. The number of benzene rings is 2. The van der Waals surface area contributed by atoms with E-state index in [-0.39, 0.29) is 11.8 Å². The first-order valence-corrected chi connectivity index (χ1v) is 10.9. The zero-order valence-electron chi connectivity index (χ0n) is 17.4. The summed E-state index contributed by atoms with van der Waals surface area (Å²) in [5.41, 5.74) is 3.72. The maximum Gasteiger partial charge on any atom is 0.252 e. The fraction of sp³-hybridized carbons (Fsp3) is 0.318. The highest BCUT2D eigenvalue weighted by Crippen LogP contribution is 2.35. The molecule has 0 saturated carbocycles. The number of halogens is 2. The number of nitrogens with one attached hydrogen (secondary N) is 2. The molecule has 0 radical (unpaired) electrons. The van der Waals surface area contributed by atoms with Gasteiger partial charge in [-0.1, -0.05) is 30.2 Å². The van der Waals surface area contributed by atoms with Crippen molar-refractivity contribution in [1.82, 2.24) is 10.7 Å². The monoisotopic (exact) mass is 509 g/mol. The first-order chi connectivity index (χ1) is 15.0. The van der Waals surface area contributed by atoms with E-state index in [4.69, 9.17) is 21.1 Å². The summed E-state index contributed by atoms with van der Waals surface area (Å²) in [6, 6.07) is 10.5.